The number of hydrogen-bond donors (Lipinski definition) is 2. The van der Waals surface area contributed by atoms with E-state index in [-0.39, 0.29) is 16.9 Å². The Morgan fingerprint density at radius 2 is 2.00 bits per heavy atom. The summed E-state index contributed by atoms with van der Waals surface area (Å²) in [6.07, 6.45) is 4.15. The van der Waals surface area contributed by atoms with Gasteiger partial charge in [-0.2, -0.15) is 0 Å². The van der Waals surface area contributed by atoms with Gasteiger partial charge in [0.15, 0.2) is 0 Å². The van der Waals surface area contributed by atoms with Crippen LogP contribution < -0.4 is 0 Å². The first-order valence-electron chi connectivity index (χ1n) is 8.71. The van der Waals surface area contributed by atoms with Crippen molar-refractivity contribution in [2.45, 2.75) is 51.7 Å². The molecular formula is C20H28O3S. The second-order valence-electron chi connectivity index (χ2n) is 8.21. The molecular weight excluding hydrogens is 320 g/mol. The molecule has 2 saturated carbocycles. The first-order valence-corrected chi connectivity index (χ1v) is 10.1. The molecule has 2 aliphatic rings. The molecule has 0 heterocycles. The Morgan fingerprint density at radius 3 is 2.54 bits per heavy atom. The number of rotatable bonds is 5. The highest BCUT2D eigenvalue weighted by Gasteiger charge is 2.63. The summed E-state index contributed by atoms with van der Waals surface area (Å²) >= 11 is 0. The van der Waals surface area contributed by atoms with Gasteiger partial charge < -0.3 is 10.2 Å². The van der Waals surface area contributed by atoms with Crippen LogP contribution in [0.1, 0.15) is 45.6 Å². The van der Waals surface area contributed by atoms with Gasteiger partial charge in [-0.1, -0.05) is 44.2 Å². The van der Waals surface area contributed by atoms with Crippen LogP contribution in [0.3, 0.4) is 0 Å². The van der Waals surface area contributed by atoms with Gasteiger partial charge in [-0.3, -0.25) is 4.21 Å². The Labute approximate surface area is 147 Å². The van der Waals surface area contributed by atoms with Crippen molar-refractivity contribution in [3.8, 4) is 0 Å². The summed E-state index contributed by atoms with van der Waals surface area (Å²) in [7, 11) is -1.21. The van der Waals surface area contributed by atoms with Crippen LogP contribution in [0.2, 0.25) is 0 Å². The maximum atomic E-state index is 12.7. The normalized spacial score (nSPS) is 35.2. The van der Waals surface area contributed by atoms with Crippen molar-refractivity contribution >= 4 is 10.8 Å². The monoisotopic (exact) mass is 348 g/mol. The van der Waals surface area contributed by atoms with E-state index in [1.165, 1.54) is 0 Å². The van der Waals surface area contributed by atoms with Crippen molar-refractivity contribution in [1.29, 1.82) is 0 Å². The molecule has 3 rings (SSSR count). The Kier molecular flexibility index (Phi) is 4.52. The zero-order valence-electron chi connectivity index (χ0n) is 14.7. The van der Waals surface area contributed by atoms with E-state index < -0.39 is 16.4 Å². The molecule has 4 heteroatoms. The maximum absolute atomic E-state index is 12.7. The van der Waals surface area contributed by atoms with Gasteiger partial charge in [-0.25, -0.2) is 0 Å². The fraction of sp³-hybridized carbons (Fsp3) is 0.600. The Bertz CT molecular complexity index is 650. The van der Waals surface area contributed by atoms with Crippen LogP contribution in [0.4, 0.5) is 0 Å². The van der Waals surface area contributed by atoms with E-state index in [0.29, 0.717) is 11.7 Å². The lowest BCUT2D eigenvalue weighted by Crippen LogP contribution is -2.43. The van der Waals surface area contributed by atoms with Crippen LogP contribution in [0, 0.1) is 16.7 Å². The number of aliphatic hydroxyl groups excluding tert-OH is 1. The standard InChI is InChI=1S/C20H28O3S/c1-18(2)16-9-10-20(18,17(21)13-16)14-24(23)12-11-19(3,22)15-7-5-4-6-8-15/h4-8,11-12,16-17,21-22H,9-10,13-14H2,1-3H3/b12-11+/t16-,17-,19-,20-,24?/m1/s1. The summed E-state index contributed by atoms with van der Waals surface area (Å²) in [5.41, 5.74) is -0.599. The molecule has 132 valence electrons. The van der Waals surface area contributed by atoms with E-state index >= 15 is 0 Å². The highest BCUT2D eigenvalue weighted by molar-refractivity contribution is 7.88. The van der Waals surface area contributed by atoms with Crippen molar-refractivity contribution in [2.75, 3.05) is 5.75 Å². The fourth-order valence-electron chi connectivity index (χ4n) is 4.76. The molecule has 2 bridgehead atoms. The minimum absolute atomic E-state index is 0.0257. The van der Waals surface area contributed by atoms with Crippen LogP contribution in [0.15, 0.2) is 41.8 Å². The molecule has 1 aromatic rings. The summed E-state index contributed by atoms with van der Waals surface area (Å²) in [6.45, 7) is 6.12. The predicted molar refractivity (Wildman–Crippen MR) is 97.7 cm³/mol. The van der Waals surface area contributed by atoms with Gasteiger partial charge in [0.1, 0.15) is 5.60 Å². The Balaban J connectivity index is 1.74. The number of aliphatic hydroxyl groups is 2. The molecule has 0 aromatic heterocycles. The van der Waals surface area contributed by atoms with Crippen LogP contribution in [-0.4, -0.2) is 26.3 Å². The van der Waals surface area contributed by atoms with Crippen molar-refractivity contribution in [3.05, 3.63) is 47.4 Å². The van der Waals surface area contributed by atoms with Crippen LogP contribution in [0.5, 0.6) is 0 Å². The smallest absolute Gasteiger partial charge is 0.106 e. The van der Waals surface area contributed by atoms with E-state index in [4.69, 9.17) is 0 Å². The molecule has 2 fully saturated rings. The SMILES string of the molecule is CC1(C)[C@@H]2CC[C@@]1(CS(=O)/C=C/[C@@](C)(O)c1ccccc1)[C@H](O)C2. The predicted octanol–water partition coefficient (Wildman–Crippen LogP) is 3.34. The number of fused-ring (bicyclic) bond motifs is 2. The topological polar surface area (TPSA) is 57.5 Å². The number of hydrogen-bond acceptors (Lipinski definition) is 3. The van der Waals surface area contributed by atoms with Crippen LogP contribution in [0.25, 0.3) is 0 Å². The molecule has 1 unspecified atom stereocenters. The van der Waals surface area contributed by atoms with Gasteiger partial charge in [0.25, 0.3) is 0 Å². The van der Waals surface area contributed by atoms with Gasteiger partial charge >= 0.3 is 0 Å². The van der Waals surface area contributed by atoms with E-state index in [9.17, 15) is 14.4 Å². The minimum Gasteiger partial charge on any atom is -0.392 e. The summed E-state index contributed by atoms with van der Waals surface area (Å²) in [5, 5.41) is 22.8. The van der Waals surface area contributed by atoms with Crippen LogP contribution in [-0.2, 0) is 16.4 Å². The molecule has 0 radical (unpaired) electrons. The molecule has 2 N–H and O–H groups in total. The third-order valence-corrected chi connectivity index (χ3v) is 7.93. The molecule has 24 heavy (non-hydrogen) atoms. The Hall–Kier alpha value is -0.970. The summed E-state index contributed by atoms with van der Waals surface area (Å²) in [4.78, 5) is 0. The summed E-state index contributed by atoms with van der Waals surface area (Å²) in [6, 6.07) is 9.38. The molecule has 3 nitrogen and oxygen atoms in total. The molecule has 5 atom stereocenters. The van der Waals surface area contributed by atoms with E-state index in [1.54, 1.807) is 18.4 Å². The summed E-state index contributed by atoms with van der Waals surface area (Å²) in [5.74, 6) is 1.000. The fourth-order valence-corrected chi connectivity index (χ4v) is 6.49. The van der Waals surface area contributed by atoms with Gasteiger partial charge in [-0.05, 0) is 49.2 Å². The minimum atomic E-state index is -1.21. The van der Waals surface area contributed by atoms with Crippen molar-refractivity contribution < 1.29 is 14.4 Å². The zero-order valence-corrected chi connectivity index (χ0v) is 15.6. The lowest BCUT2D eigenvalue weighted by molar-refractivity contribution is 0.0162. The quantitative estimate of drug-likeness (QED) is 0.858. The largest absolute Gasteiger partial charge is 0.392 e. The molecule has 0 saturated heterocycles. The van der Waals surface area contributed by atoms with Crippen molar-refractivity contribution in [2.24, 2.45) is 16.7 Å². The second-order valence-corrected chi connectivity index (χ2v) is 9.53. The van der Waals surface area contributed by atoms with Crippen molar-refractivity contribution in [1.82, 2.24) is 0 Å². The molecule has 2 aliphatic carbocycles. The summed E-state index contributed by atoms with van der Waals surface area (Å²) < 4.78 is 12.7. The van der Waals surface area contributed by atoms with Gasteiger partial charge in [0.2, 0.25) is 0 Å². The van der Waals surface area contributed by atoms with Gasteiger partial charge in [-0.15, -0.1) is 0 Å². The maximum Gasteiger partial charge on any atom is 0.106 e. The number of benzene rings is 1. The lowest BCUT2D eigenvalue weighted by Gasteiger charge is -2.40. The average molecular weight is 349 g/mol. The van der Waals surface area contributed by atoms with Gasteiger partial charge in [0.05, 0.1) is 6.10 Å². The van der Waals surface area contributed by atoms with Crippen LogP contribution >= 0.6 is 0 Å². The molecule has 0 spiro atoms. The molecule has 0 amide bonds. The highest BCUT2D eigenvalue weighted by atomic mass is 32.2. The first kappa shape index (κ1) is 17.8. The third-order valence-electron chi connectivity index (χ3n) is 6.69. The highest BCUT2D eigenvalue weighted by Crippen LogP contribution is 2.65. The average Bonchev–Trinajstić information content (AvgIpc) is 2.88. The molecule has 1 aromatic carbocycles. The molecule has 0 aliphatic heterocycles. The van der Waals surface area contributed by atoms with Crippen molar-refractivity contribution in [3.63, 3.8) is 0 Å². The second kappa shape index (κ2) is 6.08. The third kappa shape index (κ3) is 2.79. The lowest BCUT2D eigenvalue weighted by atomic mass is 9.70. The first-order chi connectivity index (χ1) is 11.2. The zero-order chi connectivity index (χ0) is 17.6. The van der Waals surface area contributed by atoms with Gasteiger partial charge in [0, 0.05) is 27.4 Å². The van der Waals surface area contributed by atoms with E-state index in [0.717, 1.165) is 24.8 Å². The van der Waals surface area contributed by atoms with E-state index in [2.05, 4.69) is 13.8 Å². The Morgan fingerprint density at radius 1 is 1.33 bits per heavy atom. The van der Waals surface area contributed by atoms with E-state index in [1.807, 2.05) is 30.3 Å².